The number of allylic oxidation sites excluding steroid dienone is 1. The SMILES string of the molecule is CC1CC=CCOC1C. The summed E-state index contributed by atoms with van der Waals surface area (Å²) in [5, 5.41) is 0. The summed E-state index contributed by atoms with van der Waals surface area (Å²) < 4.78 is 5.43. The summed E-state index contributed by atoms with van der Waals surface area (Å²) in [6.45, 7) is 5.16. The second-order valence-electron chi connectivity index (χ2n) is 2.72. The number of hydrogen-bond acceptors (Lipinski definition) is 1. The van der Waals surface area contributed by atoms with Crippen LogP contribution in [0, 0.1) is 5.92 Å². The maximum atomic E-state index is 5.43. The molecule has 0 bridgehead atoms. The van der Waals surface area contributed by atoms with Gasteiger partial charge in [0.05, 0.1) is 12.7 Å². The van der Waals surface area contributed by atoms with Crippen LogP contribution in [0.25, 0.3) is 0 Å². The topological polar surface area (TPSA) is 9.23 Å². The Bertz CT molecular complexity index is 107. The molecule has 0 aromatic carbocycles. The predicted molar refractivity (Wildman–Crippen MR) is 38.3 cm³/mol. The van der Waals surface area contributed by atoms with E-state index in [1.807, 2.05) is 0 Å². The first-order valence-corrected chi connectivity index (χ1v) is 3.57. The molecule has 2 atom stereocenters. The van der Waals surface area contributed by atoms with Crippen molar-refractivity contribution in [2.45, 2.75) is 26.4 Å². The van der Waals surface area contributed by atoms with Gasteiger partial charge in [-0.25, -0.2) is 0 Å². The Morgan fingerprint density at radius 1 is 1.33 bits per heavy atom. The van der Waals surface area contributed by atoms with Gasteiger partial charge in [-0.2, -0.15) is 0 Å². The molecule has 0 fully saturated rings. The molecule has 0 saturated carbocycles. The lowest BCUT2D eigenvalue weighted by Crippen LogP contribution is -2.15. The van der Waals surface area contributed by atoms with Crippen molar-refractivity contribution in [1.82, 2.24) is 0 Å². The Morgan fingerprint density at radius 2 is 2.11 bits per heavy atom. The van der Waals surface area contributed by atoms with Crippen LogP contribution in [0.5, 0.6) is 0 Å². The summed E-state index contributed by atoms with van der Waals surface area (Å²) in [4.78, 5) is 0. The average Bonchev–Trinajstić information content (AvgIpc) is 1.99. The van der Waals surface area contributed by atoms with E-state index in [2.05, 4.69) is 26.0 Å². The highest BCUT2D eigenvalue weighted by molar-refractivity contribution is 4.87. The van der Waals surface area contributed by atoms with E-state index in [4.69, 9.17) is 4.74 Å². The van der Waals surface area contributed by atoms with Crippen molar-refractivity contribution in [2.24, 2.45) is 5.92 Å². The first kappa shape index (κ1) is 6.81. The summed E-state index contributed by atoms with van der Waals surface area (Å²) in [6, 6.07) is 0. The Labute approximate surface area is 56.7 Å². The Balaban J connectivity index is 2.42. The smallest absolute Gasteiger partial charge is 0.0651 e. The Kier molecular flexibility index (Phi) is 2.29. The summed E-state index contributed by atoms with van der Waals surface area (Å²) in [5.41, 5.74) is 0. The molecule has 1 aliphatic heterocycles. The maximum absolute atomic E-state index is 5.43. The van der Waals surface area contributed by atoms with Gasteiger partial charge in [-0.1, -0.05) is 19.1 Å². The molecule has 0 saturated heterocycles. The molecule has 0 amide bonds. The lowest BCUT2D eigenvalue weighted by molar-refractivity contribution is 0.0548. The molecule has 9 heavy (non-hydrogen) atoms. The lowest BCUT2D eigenvalue weighted by atomic mass is 10.0. The third-order valence-electron chi connectivity index (χ3n) is 1.93. The summed E-state index contributed by atoms with van der Waals surface area (Å²) in [7, 11) is 0. The molecular weight excluding hydrogens is 112 g/mol. The highest BCUT2D eigenvalue weighted by atomic mass is 16.5. The van der Waals surface area contributed by atoms with E-state index in [1.54, 1.807) is 0 Å². The molecule has 1 heterocycles. The fourth-order valence-corrected chi connectivity index (χ4v) is 0.942. The molecule has 0 radical (unpaired) electrons. The van der Waals surface area contributed by atoms with Gasteiger partial charge in [-0.05, 0) is 19.3 Å². The molecule has 1 heteroatoms. The van der Waals surface area contributed by atoms with E-state index in [0.29, 0.717) is 12.0 Å². The summed E-state index contributed by atoms with van der Waals surface area (Å²) in [6.07, 6.45) is 5.90. The summed E-state index contributed by atoms with van der Waals surface area (Å²) >= 11 is 0. The number of rotatable bonds is 0. The molecule has 0 spiro atoms. The molecular formula is C8H14O. The average molecular weight is 126 g/mol. The minimum atomic E-state index is 0.431. The van der Waals surface area contributed by atoms with Gasteiger partial charge in [-0.15, -0.1) is 0 Å². The fraction of sp³-hybridized carbons (Fsp3) is 0.750. The van der Waals surface area contributed by atoms with Crippen molar-refractivity contribution >= 4 is 0 Å². The van der Waals surface area contributed by atoms with Gasteiger partial charge in [0.2, 0.25) is 0 Å². The minimum Gasteiger partial charge on any atom is -0.374 e. The second kappa shape index (κ2) is 3.02. The molecule has 0 N–H and O–H groups in total. The van der Waals surface area contributed by atoms with E-state index >= 15 is 0 Å². The van der Waals surface area contributed by atoms with Crippen LogP contribution in [0.1, 0.15) is 20.3 Å². The molecule has 1 aliphatic rings. The van der Waals surface area contributed by atoms with Gasteiger partial charge in [-0.3, -0.25) is 0 Å². The monoisotopic (exact) mass is 126 g/mol. The summed E-state index contributed by atoms with van der Waals surface area (Å²) in [5.74, 6) is 0.684. The predicted octanol–water partition coefficient (Wildman–Crippen LogP) is 1.99. The molecule has 1 nitrogen and oxygen atoms in total. The molecule has 52 valence electrons. The second-order valence-corrected chi connectivity index (χ2v) is 2.72. The van der Waals surface area contributed by atoms with E-state index < -0.39 is 0 Å². The van der Waals surface area contributed by atoms with E-state index in [-0.39, 0.29) is 0 Å². The van der Waals surface area contributed by atoms with Gasteiger partial charge in [0.15, 0.2) is 0 Å². The highest BCUT2D eigenvalue weighted by Crippen LogP contribution is 2.14. The van der Waals surface area contributed by atoms with E-state index in [9.17, 15) is 0 Å². The van der Waals surface area contributed by atoms with Gasteiger partial charge in [0.25, 0.3) is 0 Å². The van der Waals surface area contributed by atoms with Crippen LogP contribution in [-0.4, -0.2) is 12.7 Å². The molecule has 1 rings (SSSR count). The Hall–Kier alpha value is -0.300. The first-order valence-electron chi connectivity index (χ1n) is 3.57. The number of ether oxygens (including phenoxy) is 1. The zero-order valence-electron chi connectivity index (χ0n) is 6.13. The van der Waals surface area contributed by atoms with Gasteiger partial charge in [0.1, 0.15) is 0 Å². The van der Waals surface area contributed by atoms with Crippen LogP contribution >= 0.6 is 0 Å². The van der Waals surface area contributed by atoms with E-state index in [1.165, 1.54) is 6.42 Å². The van der Waals surface area contributed by atoms with Gasteiger partial charge >= 0.3 is 0 Å². The number of hydrogen-bond donors (Lipinski definition) is 0. The van der Waals surface area contributed by atoms with Crippen LogP contribution < -0.4 is 0 Å². The van der Waals surface area contributed by atoms with Gasteiger partial charge < -0.3 is 4.74 Å². The van der Waals surface area contributed by atoms with Crippen LogP contribution in [0.2, 0.25) is 0 Å². The fourth-order valence-electron chi connectivity index (χ4n) is 0.942. The molecule has 0 aliphatic carbocycles. The first-order chi connectivity index (χ1) is 4.30. The van der Waals surface area contributed by atoms with Crippen molar-refractivity contribution in [2.75, 3.05) is 6.61 Å². The third kappa shape index (κ3) is 1.83. The Morgan fingerprint density at radius 3 is 2.89 bits per heavy atom. The van der Waals surface area contributed by atoms with Crippen LogP contribution in [-0.2, 0) is 4.74 Å². The quantitative estimate of drug-likeness (QED) is 0.451. The largest absolute Gasteiger partial charge is 0.374 e. The van der Waals surface area contributed by atoms with Crippen LogP contribution in [0.4, 0.5) is 0 Å². The zero-order valence-corrected chi connectivity index (χ0v) is 6.13. The highest BCUT2D eigenvalue weighted by Gasteiger charge is 2.11. The lowest BCUT2D eigenvalue weighted by Gasteiger charge is -2.15. The molecule has 2 unspecified atom stereocenters. The van der Waals surface area contributed by atoms with Crippen LogP contribution in [0.3, 0.4) is 0 Å². The van der Waals surface area contributed by atoms with Crippen molar-refractivity contribution in [1.29, 1.82) is 0 Å². The standard InChI is InChI=1S/C8H14O/c1-7-5-3-4-6-9-8(7)2/h3-4,7-8H,5-6H2,1-2H3. The van der Waals surface area contributed by atoms with E-state index in [0.717, 1.165) is 6.61 Å². The normalized spacial score (nSPS) is 36.2. The third-order valence-corrected chi connectivity index (χ3v) is 1.93. The van der Waals surface area contributed by atoms with Crippen LogP contribution in [0.15, 0.2) is 12.2 Å². The maximum Gasteiger partial charge on any atom is 0.0651 e. The van der Waals surface area contributed by atoms with Crippen molar-refractivity contribution in [3.63, 3.8) is 0 Å². The van der Waals surface area contributed by atoms with Crippen molar-refractivity contribution in [3.05, 3.63) is 12.2 Å². The molecule has 0 aromatic rings. The zero-order chi connectivity index (χ0) is 6.69. The van der Waals surface area contributed by atoms with Crippen molar-refractivity contribution in [3.8, 4) is 0 Å². The van der Waals surface area contributed by atoms with Crippen molar-refractivity contribution < 1.29 is 4.74 Å². The minimum absolute atomic E-state index is 0.431. The van der Waals surface area contributed by atoms with Gasteiger partial charge in [0, 0.05) is 0 Å². The molecule has 0 aromatic heterocycles.